The Kier molecular flexibility index (Phi) is 4.58. The van der Waals surface area contributed by atoms with Crippen molar-refractivity contribution in [1.82, 2.24) is 4.98 Å². The summed E-state index contributed by atoms with van der Waals surface area (Å²) in [5.74, 6) is 0.170. The topological polar surface area (TPSA) is 48.4 Å². The van der Waals surface area contributed by atoms with E-state index >= 15 is 0 Å². The number of hydrogen-bond acceptors (Lipinski definition) is 4. The number of aromatic nitrogens is 1. The minimum absolute atomic E-state index is 0.257. The smallest absolute Gasteiger partial charge is 0.317 e. The molecule has 0 saturated heterocycles. The molecule has 0 atom stereocenters. The van der Waals surface area contributed by atoms with Gasteiger partial charge in [0.2, 0.25) is 5.88 Å². The quantitative estimate of drug-likeness (QED) is 0.792. The molecule has 1 aromatic heterocycles. The molecule has 0 fully saturated rings. The van der Waals surface area contributed by atoms with E-state index in [-0.39, 0.29) is 12.6 Å². The molecule has 2 rings (SSSR count). The predicted molar refractivity (Wildman–Crippen MR) is 80.1 cm³/mol. The fourth-order valence-electron chi connectivity index (χ4n) is 1.88. The monoisotopic (exact) mass is 285 g/mol. The second-order valence-electron chi connectivity index (χ2n) is 5.25. The van der Waals surface area contributed by atoms with Crippen LogP contribution in [0.5, 0.6) is 5.88 Å². The Balaban J connectivity index is 2.09. The van der Waals surface area contributed by atoms with E-state index in [4.69, 9.17) is 9.47 Å². The van der Waals surface area contributed by atoms with E-state index in [0.717, 1.165) is 5.56 Å². The van der Waals surface area contributed by atoms with Crippen molar-refractivity contribution in [3.05, 3.63) is 59.8 Å². The maximum Gasteiger partial charge on any atom is 0.317 e. The van der Waals surface area contributed by atoms with Crippen LogP contribution in [0.3, 0.4) is 0 Å². The van der Waals surface area contributed by atoms with Gasteiger partial charge < -0.3 is 9.47 Å². The van der Waals surface area contributed by atoms with Gasteiger partial charge in [0.1, 0.15) is 12.0 Å². The van der Waals surface area contributed by atoms with E-state index in [0.29, 0.717) is 11.6 Å². The standard InChI is InChI=1S/C17H19NO3/c1-17(2,14-10-7-11-15(18-14)20-3)16(19)21-12-13-8-5-4-6-9-13/h4-11H,12H2,1-3H3. The van der Waals surface area contributed by atoms with Crippen molar-refractivity contribution in [2.24, 2.45) is 0 Å². The van der Waals surface area contributed by atoms with Gasteiger partial charge in [-0.05, 0) is 25.5 Å². The highest BCUT2D eigenvalue weighted by Gasteiger charge is 2.33. The van der Waals surface area contributed by atoms with Crippen LogP contribution in [0.25, 0.3) is 0 Å². The zero-order chi connectivity index (χ0) is 15.3. The largest absolute Gasteiger partial charge is 0.481 e. The van der Waals surface area contributed by atoms with Gasteiger partial charge >= 0.3 is 5.97 Å². The van der Waals surface area contributed by atoms with Crippen LogP contribution in [-0.4, -0.2) is 18.1 Å². The average molecular weight is 285 g/mol. The van der Waals surface area contributed by atoms with Crippen LogP contribution >= 0.6 is 0 Å². The van der Waals surface area contributed by atoms with Gasteiger partial charge in [0.15, 0.2) is 0 Å². The molecule has 110 valence electrons. The predicted octanol–water partition coefficient (Wildman–Crippen LogP) is 3.11. The van der Waals surface area contributed by atoms with Gasteiger partial charge in [0, 0.05) is 6.07 Å². The van der Waals surface area contributed by atoms with Crippen molar-refractivity contribution in [2.45, 2.75) is 25.9 Å². The van der Waals surface area contributed by atoms with Gasteiger partial charge in [-0.2, -0.15) is 0 Å². The number of nitrogens with zero attached hydrogens (tertiary/aromatic N) is 1. The Morgan fingerprint density at radius 2 is 1.81 bits per heavy atom. The summed E-state index contributed by atoms with van der Waals surface area (Å²) in [6.45, 7) is 3.84. The molecule has 0 bridgehead atoms. The minimum Gasteiger partial charge on any atom is -0.481 e. The maximum atomic E-state index is 12.3. The van der Waals surface area contributed by atoms with Crippen molar-refractivity contribution >= 4 is 5.97 Å². The van der Waals surface area contributed by atoms with E-state index in [1.165, 1.54) is 0 Å². The van der Waals surface area contributed by atoms with E-state index in [9.17, 15) is 4.79 Å². The summed E-state index contributed by atoms with van der Waals surface area (Å²) < 4.78 is 10.5. The molecule has 0 radical (unpaired) electrons. The highest BCUT2D eigenvalue weighted by atomic mass is 16.5. The summed E-state index contributed by atoms with van der Waals surface area (Å²) >= 11 is 0. The zero-order valence-corrected chi connectivity index (χ0v) is 12.5. The summed E-state index contributed by atoms with van der Waals surface area (Å²) in [4.78, 5) is 16.7. The van der Waals surface area contributed by atoms with E-state index in [1.54, 1.807) is 33.1 Å². The molecular formula is C17H19NO3. The highest BCUT2D eigenvalue weighted by molar-refractivity contribution is 5.81. The van der Waals surface area contributed by atoms with Crippen LogP contribution < -0.4 is 4.74 Å². The summed E-state index contributed by atoms with van der Waals surface area (Å²) in [5, 5.41) is 0. The van der Waals surface area contributed by atoms with E-state index in [1.807, 2.05) is 36.4 Å². The van der Waals surface area contributed by atoms with Crippen molar-refractivity contribution in [3.63, 3.8) is 0 Å². The summed E-state index contributed by atoms with van der Waals surface area (Å²) in [5.41, 5.74) is 0.753. The molecule has 21 heavy (non-hydrogen) atoms. The van der Waals surface area contributed by atoms with E-state index in [2.05, 4.69) is 4.98 Å². The van der Waals surface area contributed by atoms with Crippen LogP contribution in [0.15, 0.2) is 48.5 Å². The first-order valence-corrected chi connectivity index (χ1v) is 6.76. The van der Waals surface area contributed by atoms with Crippen molar-refractivity contribution in [1.29, 1.82) is 0 Å². The maximum absolute atomic E-state index is 12.3. The second kappa shape index (κ2) is 6.39. The first-order chi connectivity index (χ1) is 10.0. The van der Waals surface area contributed by atoms with Crippen LogP contribution in [0.2, 0.25) is 0 Å². The lowest BCUT2D eigenvalue weighted by atomic mass is 9.89. The first kappa shape index (κ1) is 15.0. The molecule has 0 aliphatic heterocycles. The Morgan fingerprint density at radius 1 is 1.10 bits per heavy atom. The Hall–Kier alpha value is -2.36. The number of carbonyl (C=O) groups is 1. The molecule has 0 amide bonds. The average Bonchev–Trinajstić information content (AvgIpc) is 2.53. The number of benzene rings is 1. The lowest BCUT2D eigenvalue weighted by Crippen LogP contribution is -2.32. The fraction of sp³-hybridized carbons (Fsp3) is 0.294. The number of ether oxygens (including phenoxy) is 2. The molecule has 2 aromatic rings. The normalized spacial score (nSPS) is 11.0. The van der Waals surface area contributed by atoms with Crippen molar-refractivity contribution < 1.29 is 14.3 Å². The molecule has 0 unspecified atom stereocenters. The summed E-state index contributed by atoms with van der Waals surface area (Å²) in [7, 11) is 1.55. The Labute approximate surface area is 124 Å². The second-order valence-corrected chi connectivity index (χ2v) is 5.25. The third-order valence-corrected chi connectivity index (χ3v) is 3.30. The fourth-order valence-corrected chi connectivity index (χ4v) is 1.88. The number of methoxy groups -OCH3 is 1. The summed E-state index contributed by atoms with van der Waals surface area (Å²) in [6, 6.07) is 15.0. The lowest BCUT2D eigenvalue weighted by Gasteiger charge is -2.22. The van der Waals surface area contributed by atoms with Crippen LogP contribution in [0, 0.1) is 0 Å². The Morgan fingerprint density at radius 3 is 2.48 bits per heavy atom. The van der Waals surface area contributed by atoms with Gasteiger partial charge in [-0.25, -0.2) is 4.98 Å². The van der Waals surface area contributed by atoms with Crippen LogP contribution in [0.4, 0.5) is 0 Å². The SMILES string of the molecule is COc1cccc(C(C)(C)C(=O)OCc2ccccc2)n1. The third-order valence-electron chi connectivity index (χ3n) is 3.30. The van der Waals surface area contributed by atoms with Gasteiger partial charge in [-0.3, -0.25) is 4.79 Å². The van der Waals surface area contributed by atoms with E-state index < -0.39 is 5.41 Å². The molecule has 0 N–H and O–H groups in total. The lowest BCUT2D eigenvalue weighted by molar-refractivity contribution is -0.150. The van der Waals surface area contributed by atoms with Crippen molar-refractivity contribution in [2.75, 3.05) is 7.11 Å². The molecule has 0 aliphatic carbocycles. The molecule has 4 heteroatoms. The minimum atomic E-state index is -0.830. The summed E-state index contributed by atoms with van der Waals surface area (Å²) in [6.07, 6.45) is 0. The van der Waals surface area contributed by atoms with Crippen LogP contribution in [-0.2, 0) is 21.6 Å². The molecular weight excluding hydrogens is 266 g/mol. The number of esters is 1. The molecule has 1 heterocycles. The molecule has 0 saturated carbocycles. The first-order valence-electron chi connectivity index (χ1n) is 6.76. The number of hydrogen-bond donors (Lipinski definition) is 0. The van der Waals surface area contributed by atoms with Gasteiger partial charge in [-0.15, -0.1) is 0 Å². The number of rotatable bonds is 5. The third kappa shape index (κ3) is 3.60. The van der Waals surface area contributed by atoms with Crippen molar-refractivity contribution in [3.8, 4) is 5.88 Å². The Bertz CT molecular complexity index is 608. The molecule has 1 aromatic carbocycles. The molecule has 0 spiro atoms. The molecule has 0 aliphatic rings. The van der Waals surface area contributed by atoms with Crippen LogP contribution in [0.1, 0.15) is 25.1 Å². The van der Waals surface area contributed by atoms with Gasteiger partial charge in [0.25, 0.3) is 0 Å². The molecule has 4 nitrogen and oxygen atoms in total. The van der Waals surface area contributed by atoms with Gasteiger partial charge in [0.05, 0.1) is 12.8 Å². The highest BCUT2D eigenvalue weighted by Crippen LogP contribution is 2.25. The zero-order valence-electron chi connectivity index (χ0n) is 12.5. The number of carbonyl (C=O) groups excluding carboxylic acids is 1. The number of pyridine rings is 1. The van der Waals surface area contributed by atoms with Gasteiger partial charge in [-0.1, -0.05) is 36.4 Å².